The molecule has 3 aromatic carbocycles. The molecule has 2 fully saturated rings. The number of halogens is 1. The molecule has 2 aliphatic heterocycles. The summed E-state index contributed by atoms with van der Waals surface area (Å²) in [6, 6.07) is 20.9. The molecule has 64 heavy (non-hydrogen) atoms. The first-order valence-corrected chi connectivity index (χ1v) is 23.7. The Bertz CT molecular complexity index is 2650. The third kappa shape index (κ3) is 10.5. The Labute approximate surface area is 379 Å². The van der Waals surface area contributed by atoms with Gasteiger partial charge in [-0.3, -0.25) is 29.6 Å². The molecule has 17 heteroatoms. The van der Waals surface area contributed by atoms with Gasteiger partial charge in [0, 0.05) is 99.4 Å². The van der Waals surface area contributed by atoms with Gasteiger partial charge in [0.1, 0.15) is 22.8 Å². The number of carbonyl (C=O) groups excluding carboxylic acids is 1. The maximum Gasteiger partial charge on any atom is 0.293 e. The van der Waals surface area contributed by atoms with Crippen molar-refractivity contribution < 1.29 is 22.9 Å². The van der Waals surface area contributed by atoms with Gasteiger partial charge in [0.15, 0.2) is 0 Å². The molecule has 5 aromatic rings. The normalized spacial score (nSPS) is 17.8. The number of nitro groups is 1. The number of anilines is 2. The van der Waals surface area contributed by atoms with Gasteiger partial charge in [-0.25, -0.2) is 18.1 Å². The summed E-state index contributed by atoms with van der Waals surface area (Å²) in [5, 5.41) is 16.8. The maximum absolute atomic E-state index is 14.0. The Morgan fingerprint density at radius 2 is 1.69 bits per heavy atom. The highest BCUT2D eigenvalue weighted by Crippen LogP contribution is 2.43. The fraction of sp³-hybridized carbons (Fsp3) is 0.404. The van der Waals surface area contributed by atoms with Crippen molar-refractivity contribution in [1.82, 2.24) is 29.4 Å². The number of amides is 1. The molecule has 0 unspecified atom stereocenters. The molecular formula is C47H56ClN9O6S. The minimum absolute atomic E-state index is 0.0348. The van der Waals surface area contributed by atoms with E-state index in [9.17, 15) is 23.3 Å². The van der Waals surface area contributed by atoms with E-state index in [1.54, 1.807) is 30.5 Å². The van der Waals surface area contributed by atoms with E-state index in [-0.39, 0.29) is 22.4 Å². The van der Waals surface area contributed by atoms with Crippen LogP contribution in [0, 0.1) is 15.5 Å². The first-order valence-electron chi connectivity index (χ1n) is 21.9. The van der Waals surface area contributed by atoms with Crippen molar-refractivity contribution in [3.05, 3.63) is 117 Å². The van der Waals surface area contributed by atoms with E-state index in [1.165, 1.54) is 35.0 Å². The Balaban J connectivity index is 0.986. The van der Waals surface area contributed by atoms with Gasteiger partial charge < -0.3 is 19.9 Å². The highest BCUT2D eigenvalue weighted by Gasteiger charge is 2.31. The zero-order valence-corrected chi connectivity index (χ0v) is 38.3. The molecule has 8 rings (SSSR count). The fourth-order valence-corrected chi connectivity index (χ4v) is 9.94. The zero-order valence-electron chi connectivity index (χ0n) is 36.8. The molecule has 338 valence electrons. The van der Waals surface area contributed by atoms with E-state index in [0.29, 0.717) is 24.1 Å². The highest BCUT2D eigenvalue weighted by molar-refractivity contribution is 7.90. The first kappa shape index (κ1) is 45.1. The lowest BCUT2D eigenvalue weighted by Gasteiger charge is -2.39. The second kappa shape index (κ2) is 18.9. The lowest BCUT2D eigenvalue weighted by Crippen LogP contribution is -2.49. The smallest absolute Gasteiger partial charge is 0.293 e. The Morgan fingerprint density at radius 1 is 0.953 bits per heavy atom. The molecule has 15 nitrogen and oxygen atoms in total. The number of rotatable bonds is 14. The van der Waals surface area contributed by atoms with E-state index in [2.05, 4.69) is 79.4 Å². The summed E-state index contributed by atoms with van der Waals surface area (Å²) < 4.78 is 36.0. The van der Waals surface area contributed by atoms with Gasteiger partial charge in [-0.05, 0) is 98.2 Å². The van der Waals surface area contributed by atoms with Crippen LogP contribution in [0.2, 0.25) is 5.02 Å². The number of nitro benzene ring substituents is 1. The molecule has 2 aromatic heterocycles. The number of pyridine rings is 1. The minimum Gasteiger partial charge on any atom is -0.455 e. The van der Waals surface area contributed by atoms with Gasteiger partial charge in [-0.2, -0.15) is 0 Å². The van der Waals surface area contributed by atoms with Crippen molar-refractivity contribution in [2.24, 2.45) is 5.41 Å². The van der Waals surface area contributed by atoms with Crippen LogP contribution in [0.25, 0.3) is 16.6 Å². The molecule has 1 aliphatic carbocycles. The van der Waals surface area contributed by atoms with Crippen LogP contribution in [0.4, 0.5) is 17.1 Å². The lowest BCUT2D eigenvalue weighted by atomic mass is 9.72. The number of fused-ring (bicyclic) bond motifs is 1. The van der Waals surface area contributed by atoms with Gasteiger partial charge >= 0.3 is 0 Å². The third-order valence-corrected chi connectivity index (χ3v) is 14.3. The highest BCUT2D eigenvalue weighted by atomic mass is 35.5. The molecule has 1 amide bonds. The van der Waals surface area contributed by atoms with Crippen LogP contribution in [0.3, 0.4) is 0 Å². The van der Waals surface area contributed by atoms with Gasteiger partial charge in [0.2, 0.25) is 0 Å². The van der Waals surface area contributed by atoms with E-state index in [1.807, 2.05) is 18.2 Å². The number of ether oxygens (including phenoxy) is 1. The Morgan fingerprint density at radius 3 is 2.41 bits per heavy atom. The monoisotopic (exact) mass is 909 g/mol. The summed E-state index contributed by atoms with van der Waals surface area (Å²) in [6.45, 7) is 16.7. The van der Waals surface area contributed by atoms with Crippen LogP contribution in [-0.2, 0) is 10.0 Å². The molecular weight excluding hydrogens is 854 g/mol. The molecule has 0 saturated carbocycles. The average molecular weight is 911 g/mol. The maximum atomic E-state index is 14.0. The SMILES string of the molecule is CC(C)N1CCN(CNc2ccc(S(=O)(=O)NC(=O)c3ccc(N4CCN(CC5=C(c6ccc(Cl)cc6)CC(C)(C)CC5)CC4)cc3Oc3cnc4[nH]ccc4c3)cc2[N+](=O)[O-])CC1. The van der Waals surface area contributed by atoms with Crippen LogP contribution in [0.1, 0.15) is 62.9 Å². The second-order valence-electron chi connectivity index (χ2n) is 18.0. The van der Waals surface area contributed by atoms with Crippen LogP contribution in [0.15, 0.2) is 95.7 Å². The van der Waals surface area contributed by atoms with E-state index < -0.39 is 31.4 Å². The number of sulfonamides is 1. The van der Waals surface area contributed by atoms with Gasteiger partial charge in [0.05, 0.1) is 28.2 Å². The number of nitrogens with zero attached hydrogens (tertiary/aromatic N) is 6. The van der Waals surface area contributed by atoms with Crippen molar-refractivity contribution >= 4 is 61.2 Å². The minimum atomic E-state index is -4.57. The molecule has 4 heterocycles. The number of benzene rings is 3. The van der Waals surface area contributed by atoms with Crippen LogP contribution >= 0.6 is 11.6 Å². The summed E-state index contributed by atoms with van der Waals surface area (Å²) in [4.78, 5) is 41.8. The van der Waals surface area contributed by atoms with Crippen molar-refractivity contribution in [2.45, 2.75) is 57.9 Å². The summed E-state index contributed by atoms with van der Waals surface area (Å²) in [7, 11) is -4.57. The van der Waals surface area contributed by atoms with Crippen molar-refractivity contribution in [2.75, 3.05) is 75.8 Å². The van der Waals surface area contributed by atoms with E-state index in [4.69, 9.17) is 16.3 Å². The molecule has 2 saturated heterocycles. The number of carbonyl (C=O) groups is 1. The van der Waals surface area contributed by atoms with Crippen molar-refractivity contribution in [3.8, 4) is 11.5 Å². The van der Waals surface area contributed by atoms with Crippen molar-refractivity contribution in [1.29, 1.82) is 0 Å². The number of nitrogens with one attached hydrogen (secondary N) is 3. The van der Waals surface area contributed by atoms with E-state index >= 15 is 0 Å². The number of hydrogen-bond donors (Lipinski definition) is 3. The lowest BCUT2D eigenvalue weighted by molar-refractivity contribution is -0.384. The zero-order chi connectivity index (χ0) is 45.2. The number of H-pyrrole nitrogens is 1. The summed E-state index contributed by atoms with van der Waals surface area (Å²) >= 11 is 6.25. The molecule has 0 spiro atoms. The number of aromatic nitrogens is 2. The predicted octanol–water partition coefficient (Wildman–Crippen LogP) is 8.22. The molecule has 0 radical (unpaired) electrons. The Hall–Kier alpha value is -5.52. The molecule has 0 bridgehead atoms. The number of allylic oxidation sites excluding steroid dienone is 1. The molecule has 0 atom stereocenters. The summed E-state index contributed by atoms with van der Waals surface area (Å²) in [5.74, 6) is -0.466. The van der Waals surface area contributed by atoms with Gasteiger partial charge in [-0.1, -0.05) is 43.2 Å². The van der Waals surface area contributed by atoms with E-state index in [0.717, 1.165) is 100 Å². The average Bonchev–Trinajstić information content (AvgIpc) is 3.75. The van der Waals surface area contributed by atoms with Crippen LogP contribution in [0.5, 0.6) is 11.5 Å². The third-order valence-electron chi connectivity index (χ3n) is 12.7. The first-order chi connectivity index (χ1) is 30.6. The largest absolute Gasteiger partial charge is 0.455 e. The second-order valence-corrected chi connectivity index (χ2v) is 20.1. The van der Waals surface area contributed by atoms with Crippen LogP contribution in [-0.4, -0.2) is 116 Å². The Kier molecular flexibility index (Phi) is 13.3. The van der Waals surface area contributed by atoms with Gasteiger partial charge in [0.25, 0.3) is 21.6 Å². The standard InChI is InChI=1S/C47H56ClN9O6S/c1-32(2)55-21-19-54(20-22-55)31-51-42-12-10-39(27-43(42)57(59)60)64(61,62)52-46(58)40-11-9-37(26-44(40)63-38-25-34-14-16-49-45(34)50-29-38)56-23-17-53(18-24-56)30-35-13-15-47(3,4)28-41(35)33-5-7-36(48)8-6-33/h5-12,14,16,25-27,29,32,51H,13,15,17-24,28,30-31H2,1-4H3,(H,49,50)(H,52,58). The topological polar surface area (TPSA) is 169 Å². The quantitative estimate of drug-likeness (QED) is 0.0722. The summed E-state index contributed by atoms with van der Waals surface area (Å²) in [6.07, 6.45) is 6.49. The predicted molar refractivity (Wildman–Crippen MR) is 252 cm³/mol. The van der Waals surface area contributed by atoms with Crippen molar-refractivity contribution in [3.63, 3.8) is 0 Å². The van der Waals surface area contributed by atoms with Gasteiger partial charge in [-0.15, -0.1) is 0 Å². The number of aromatic amines is 1. The summed E-state index contributed by atoms with van der Waals surface area (Å²) in [5.41, 5.74) is 5.54. The molecule has 3 N–H and O–H groups in total. The number of hydrogen-bond acceptors (Lipinski definition) is 12. The number of piperazine rings is 2. The fourth-order valence-electron chi connectivity index (χ4n) is 8.83. The van der Waals surface area contributed by atoms with Crippen LogP contribution < -0.4 is 19.7 Å². The molecule has 3 aliphatic rings.